The van der Waals surface area contributed by atoms with Crippen LogP contribution >= 0.6 is 12.4 Å². The standard InChI is InChI=1S/C18H25N3O2.ClH/c1-12-13(2)21(10-9-19-12)17(22)8-7-15-11-14-5-3-4-6-16(14)20-18(15)23;/h3-6,12-13,15,19H,7-11H2,1-2H3,(H,20,23);1H. The SMILES string of the molecule is CC1NCCN(C(=O)CCC2Cc3ccccc3NC2=O)C1C.Cl. The fourth-order valence-corrected chi connectivity index (χ4v) is 3.50. The highest BCUT2D eigenvalue weighted by Crippen LogP contribution is 2.27. The molecule has 2 heterocycles. The van der Waals surface area contributed by atoms with Crippen LogP contribution in [0.3, 0.4) is 0 Å². The lowest BCUT2D eigenvalue weighted by Gasteiger charge is -2.39. The average molecular weight is 352 g/mol. The molecule has 0 saturated carbocycles. The number of amides is 2. The number of carbonyl (C=O) groups is 2. The molecule has 1 saturated heterocycles. The molecule has 2 aliphatic heterocycles. The minimum Gasteiger partial charge on any atom is -0.337 e. The number of rotatable bonds is 3. The summed E-state index contributed by atoms with van der Waals surface area (Å²) < 4.78 is 0. The van der Waals surface area contributed by atoms with Crippen LogP contribution in [-0.4, -0.2) is 41.9 Å². The lowest BCUT2D eigenvalue weighted by Crippen LogP contribution is -2.57. The van der Waals surface area contributed by atoms with E-state index in [9.17, 15) is 9.59 Å². The fraction of sp³-hybridized carbons (Fsp3) is 0.556. The van der Waals surface area contributed by atoms with Crippen molar-refractivity contribution < 1.29 is 9.59 Å². The minimum absolute atomic E-state index is 0. The second kappa shape index (κ2) is 7.99. The zero-order valence-corrected chi connectivity index (χ0v) is 15.1. The summed E-state index contributed by atoms with van der Waals surface area (Å²) >= 11 is 0. The van der Waals surface area contributed by atoms with Crippen LogP contribution in [0, 0.1) is 5.92 Å². The predicted molar refractivity (Wildman–Crippen MR) is 97.4 cm³/mol. The maximum absolute atomic E-state index is 12.5. The first-order valence-corrected chi connectivity index (χ1v) is 8.48. The third-order valence-corrected chi connectivity index (χ3v) is 5.17. The second-order valence-electron chi connectivity index (χ2n) is 6.66. The van der Waals surface area contributed by atoms with E-state index in [0.29, 0.717) is 18.9 Å². The van der Waals surface area contributed by atoms with Gasteiger partial charge in [-0.2, -0.15) is 0 Å². The van der Waals surface area contributed by atoms with Crippen LogP contribution in [-0.2, 0) is 16.0 Å². The van der Waals surface area contributed by atoms with Gasteiger partial charge in [-0.1, -0.05) is 18.2 Å². The summed E-state index contributed by atoms with van der Waals surface area (Å²) in [6, 6.07) is 8.41. The van der Waals surface area contributed by atoms with Crippen LogP contribution in [0.15, 0.2) is 24.3 Å². The lowest BCUT2D eigenvalue weighted by molar-refractivity contribution is -0.135. The fourth-order valence-electron chi connectivity index (χ4n) is 3.50. The number of halogens is 1. The van der Waals surface area contributed by atoms with Gasteiger partial charge < -0.3 is 15.5 Å². The summed E-state index contributed by atoms with van der Waals surface area (Å²) in [5.74, 6) is 0.0974. The molecule has 0 aromatic heterocycles. The number of hydrogen-bond donors (Lipinski definition) is 2. The number of hydrogen-bond acceptors (Lipinski definition) is 3. The maximum atomic E-state index is 12.5. The van der Waals surface area contributed by atoms with Gasteiger partial charge in [0.1, 0.15) is 0 Å². The Morgan fingerprint density at radius 1 is 1.29 bits per heavy atom. The first kappa shape index (κ1) is 18.7. The van der Waals surface area contributed by atoms with Gasteiger partial charge in [-0.25, -0.2) is 0 Å². The molecule has 3 atom stereocenters. The molecule has 5 nitrogen and oxygen atoms in total. The van der Waals surface area contributed by atoms with Crippen LogP contribution in [0.4, 0.5) is 5.69 Å². The molecule has 24 heavy (non-hydrogen) atoms. The summed E-state index contributed by atoms with van der Waals surface area (Å²) in [6.07, 6.45) is 1.78. The summed E-state index contributed by atoms with van der Waals surface area (Å²) in [4.78, 5) is 26.7. The van der Waals surface area contributed by atoms with E-state index >= 15 is 0 Å². The highest BCUT2D eigenvalue weighted by atomic mass is 35.5. The molecule has 0 aliphatic carbocycles. The molecule has 3 unspecified atom stereocenters. The van der Waals surface area contributed by atoms with Gasteiger partial charge in [0.25, 0.3) is 0 Å². The number of fused-ring (bicyclic) bond motifs is 1. The molecule has 3 rings (SSSR count). The Balaban J connectivity index is 0.00000208. The first-order chi connectivity index (χ1) is 11.1. The monoisotopic (exact) mass is 351 g/mol. The van der Waals surface area contributed by atoms with Gasteiger partial charge in [-0.15, -0.1) is 12.4 Å². The van der Waals surface area contributed by atoms with Crippen molar-refractivity contribution in [2.75, 3.05) is 18.4 Å². The molecular formula is C18H26ClN3O2. The Hall–Kier alpha value is -1.59. The van der Waals surface area contributed by atoms with Crippen LogP contribution < -0.4 is 10.6 Å². The Kier molecular flexibility index (Phi) is 6.24. The van der Waals surface area contributed by atoms with E-state index in [0.717, 1.165) is 30.8 Å². The van der Waals surface area contributed by atoms with E-state index in [1.54, 1.807) is 0 Å². The van der Waals surface area contributed by atoms with E-state index in [-0.39, 0.29) is 36.2 Å². The topological polar surface area (TPSA) is 61.4 Å². The third kappa shape index (κ3) is 3.90. The number of benzene rings is 1. The number of para-hydroxylation sites is 1. The van der Waals surface area contributed by atoms with Crippen molar-refractivity contribution in [1.29, 1.82) is 0 Å². The van der Waals surface area contributed by atoms with Gasteiger partial charge >= 0.3 is 0 Å². The molecule has 2 N–H and O–H groups in total. The molecular weight excluding hydrogens is 326 g/mol. The van der Waals surface area contributed by atoms with Crippen molar-refractivity contribution in [2.24, 2.45) is 5.92 Å². The number of nitrogens with zero attached hydrogens (tertiary/aromatic N) is 1. The molecule has 0 spiro atoms. The molecule has 1 aromatic carbocycles. The van der Waals surface area contributed by atoms with Crippen LogP contribution in [0.2, 0.25) is 0 Å². The molecule has 2 amide bonds. The third-order valence-electron chi connectivity index (χ3n) is 5.17. The van der Waals surface area contributed by atoms with Crippen LogP contribution in [0.1, 0.15) is 32.3 Å². The number of nitrogens with one attached hydrogen (secondary N) is 2. The average Bonchev–Trinajstić information content (AvgIpc) is 2.55. The molecule has 0 bridgehead atoms. The van der Waals surface area contributed by atoms with E-state index in [2.05, 4.69) is 24.5 Å². The quantitative estimate of drug-likeness (QED) is 0.877. The molecule has 1 fully saturated rings. The van der Waals surface area contributed by atoms with Crippen molar-refractivity contribution in [1.82, 2.24) is 10.2 Å². The van der Waals surface area contributed by atoms with E-state index in [1.807, 2.05) is 29.2 Å². The Labute approximate surface area is 149 Å². The van der Waals surface area contributed by atoms with E-state index < -0.39 is 0 Å². The van der Waals surface area contributed by atoms with Crippen LogP contribution in [0.25, 0.3) is 0 Å². The minimum atomic E-state index is -0.107. The van der Waals surface area contributed by atoms with Gasteiger partial charge in [-0.3, -0.25) is 9.59 Å². The van der Waals surface area contributed by atoms with Crippen molar-refractivity contribution >= 4 is 29.9 Å². The van der Waals surface area contributed by atoms with E-state index in [1.165, 1.54) is 0 Å². The Morgan fingerprint density at radius 3 is 2.83 bits per heavy atom. The molecule has 2 aliphatic rings. The van der Waals surface area contributed by atoms with Gasteiger partial charge in [0.2, 0.25) is 11.8 Å². The highest BCUT2D eigenvalue weighted by Gasteiger charge is 2.30. The van der Waals surface area contributed by atoms with Crippen molar-refractivity contribution in [3.8, 4) is 0 Å². The molecule has 6 heteroatoms. The van der Waals surface area contributed by atoms with Gasteiger partial charge in [0, 0.05) is 43.2 Å². The highest BCUT2D eigenvalue weighted by molar-refractivity contribution is 5.96. The van der Waals surface area contributed by atoms with Crippen molar-refractivity contribution in [3.63, 3.8) is 0 Å². The molecule has 1 aromatic rings. The first-order valence-electron chi connectivity index (χ1n) is 8.48. The summed E-state index contributed by atoms with van der Waals surface area (Å²) in [5, 5.41) is 6.34. The molecule has 0 radical (unpaired) electrons. The zero-order chi connectivity index (χ0) is 16.4. The van der Waals surface area contributed by atoms with Gasteiger partial charge in [-0.05, 0) is 38.3 Å². The van der Waals surface area contributed by atoms with Crippen LogP contribution in [0.5, 0.6) is 0 Å². The van der Waals surface area contributed by atoms with Crippen molar-refractivity contribution in [3.05, 3.63) is 29.8 Å². The normalized spacial score (nSPS) is 26.2. The number of anilines is 1. The second-order valence-corrected chi connectivity index (χ2v) is 6.66. The zero-order valence-electron chi connectivity index (χ0n) is 14.2. The maximum Gasteiger partial charge on any atom is 0.227 e. The van der Waals surface area contributed by atoms with Gasteiger partial charge in [0.05, 0.1) is 0 Å². The van der Waals surface area contributed by atoms with Gasteiger partial charge in [0.15, 0.2) is 0 Å². The lowest BCUT2D eigenvalue weighted by atomic mass is 9.89. The molecule has 132 valence electrons. The number of piperazine rings is 1. The predicted octanol–water partition coefficient (Wildman–Crippen LogP) is 2.21. The Morgan fingerprint density at radius 2 is 2.04 bits per heavy atom. The summed E-state index contributed by atoms with van der Waals surface area (Å²) in [5.41, 5.74) is 2.07. The largest absolute Gasteiger partial charge is 0.337 e. The Bertz CT molecular complexity index is 608. The summed E-state index contributed by atoms with van der Waals surface area (Å²) in [7, 11) is 0. The van der Waals surface area contributed by atoms with Crippen molar-refractivity contribution in [2.45, 2.75) is 45.2 Å². The number of carbonyl (C=O) groups excluding carboxylic acids is 2. The van der Waals surface area contributed by atoms with E-state index in [4.69, 9.17) is 0 Å². The summed E-state index contributed by atoms with van der Waals surface area (Å²) in [6.45, 7) is 5.78. The smallest absolute Gasteiger partial charge is 0.227 e.